The molecule has 0 bridgehead atoms. The standard InChI is InChI=1S/C17H25ClN4O/c18-6-3-7-20-8-10-21(11-9-20)12-15(23)13-22-14-19-16-4-1-2-5-17(16)22/h1-2,4-5,14-15,23H,3,6-13H2. The topological polar surface area (TPSA) is 44.5 Å². The van der Waals surface area contributed by atoms with E-state index in [9.17, 15) is 5.11 Å². The molecule has 1 unspecified atom stereocenters. The van der Waals surface area contributed by atoms with Crippen molar-refractivity contribution in [1.29, 1.82) is 0 Å². The fourth-order valence-electron chi connectivity index (χ4n) is 3.22. The highest BCUT2D eigenvalue weighted by Crippen LogP contribution is 2.13. The molecule has 1 atom stereocenters. The van der Waals surface area contributed by atoms with Crippen LogP contribution in [0, 0.1) is 0 Å². The summed E-state index contributed by atoms with van der Waals surface area (Å²) in [7, 11) is 0. The van der Waals surface area contributed by atoms with Crippen LogP contribution in [0.3, 0.4) is 0 Å². The highest BCUT2D eigenvalue weighted by Gasteiger charge is 2.19. The minimum Gasteiger partial charge on any atom is -0.390 e. The number of aromatic nitrogens is 2. The molecule has 23 heavy (non-hydrogen) atoms. The molecule has 3 rings (SSSR count). The predicted molar refractivity (Wildman–Crippen MR) is 94.0 cm³/mol. The number of hydrogen-bond acceptors (Lipinski definition) is 4. The van der Waals surface area contributed by atoms with Gasteiger partial charge < -0.3 is 14.6 Å². The maximum atomic E-state index is 10.4. The van der Waals surface area contributed by atoms with Crippen LogP contribution in [0.1, 0.15) is 6.42 Å². The smallest absolute Gasteiger partial charge is 0.0959 e. The number of piperazine rings is 1. The molecular weight excluding hydrogens is 312 g/mol. The zero-order chi connectivity index (χ0) is 16.1. The summed E-state index contributed by atoms with van der Waals surface area (Å²) in [6, 6.07) is 8.04. The van der Waals surface area contributed by atoms with Crippen molar-refractivity contribution in [1.82, 2.24) is 19.4 Å². The molecule has 1 aliphatic rings. The lowest BCUT2D eigenvalue weighted by atomic mass is 10.2. The molecule has 1 aliphatic heterocycles. The number of nitrogens with zero attached hydrogens (tertiary/aromatic N) is 4. The van der Waals surface area contributed by atoms with Crippen LogP contribution in [0.15, 0.2) is 30.6 Å². The van der Waals surface area contributed by atoms with Gasteiger partial charge >= 0.3 is 0 Å². The van der Waals surface area contributed by atoms with E-state index < -0.39 is 0 Å². The number of alkyl halides is 1. The molecule has 0 aliphatic carbocycles. The Morgan fingerprint density at radius 1 is 1.09 bits per heavy atom. The van der Waals surface area contributed by atoms with Crippen LogP contribution >= 0.6 is 11.6 Å². The number of aliphatic hydroxyl groups is 1. The highest BCUT2D eigenvalue weighted by molar-refractivity contribution is 6.17. The Hall–Kier alpha value is -1.14. The summed E-state index contributed by atoms with van der Waals surface area (Å²) in [5, 5.41) is 10.4. The summed E-state index contributed by atoms with van der Waals surface area (Å²) in [4.78, 5) is 9.18. The molecule has 1 aromatic carbocycles. The summed E-state index contributed by atoms with van der Waals surface area (Å²) in [5.74, 6) is 0.734. The van der Waals surface area contributed by atoms with Crippen molar-refractivity contribution < 1.29 is 5.11 Å². The summed E-state index contributed by atoms with van der Waals surface area (Å²) in [5.41, 5.74) is 2.06. The van der Waals surface area contributed by atoms with Crippen molar-refractivity contribution in [3.8, 4) is 0 Å². The van der Waals surface area contributed by atoms with Gasteiger partial charge in [0.15, 0.2) is 0 Å². The van der Waals surface area contributed by atoms with E-state index in [1.807, 2.05) is 35.2 Å². The van der Waals surface area contributed by atoms with Crippen LogP contribution in [-0.4, -0.2) is 75.7 Å². The monoisotopic (exact) mass is 336 g/mol. The van der Waals surface area contributed by atoms with E-state index in [1.54, 1.807) is 0 Å². The van der Waals surface area contributed by atoms with Crippen LogP contribution in [-0.2, 0) is 6.54 Å². The predicted octanol–water partition coefficient (Wildman–Crippen LogP) is 1.64. The molecule has 0 spiro atoms. The number of halogens is 1. The van der Waals surface area contributed by atoms with Gasteiger partial charge in [0.25, 0.3) is 0 Å². The maximum Gasteiger partial charge on any atom is 0.0959 e. The van der Waals surface area contributed by atoms with Crippen molar-refractivity contribution >= 4 is 22.6 Å². The lowest BCUT2D eigenvalue weighted by molar-refractivity contribution is 0.0650. The average molecular weight is 337 g/mol. The first kappa shape index (κ1) is 16.7. The summed E-state index contributed by atoms with van der Waals surface area (Å²) >= 11 is 5.75. The van der Waals surface area contributed by atoms with E-state index in [-0.39, 0.29) is 6.10 Å². The Labute approximate surface area is 142 Å². The number of β-amino-alcohol motifs (C(OH)–C–C–N with tert-alkyl or cyclic N) is 1. The second kappa shape index (κ2) is 8.11. The molecule has 0 radical (unpaired) electrons. The van der Waals surface area contributed by atoms with E-state index in [2.05, 4.69) is 14.8 Å². The first-order valence-electron chi connectivity index (χ1n) is 8.35. The molecule has 5 nitrogen and oxygen atoms in total. The van der Waals surface area contributed by atoms with Crippen LogP contribution < -0.4 is 0 Å². The average Bonchev–Trinajstić information content (AvgIpc) is 2.97. The van der Waals surface area contributed by atoms with Crippen LogP contribution in [0.25, 0.3) is 11.0 Å². The van der Waals surface area contributed by atoms with Gasteiger partial charge in [0.1, 0.15) is 0 Å². The SMILES string of the molecule is OC(CN1CCN(CCCCl)CC1)Cn1cnc2ccccc21. The lowest BCUT2D eigenvalue weighted by Crippen LogP contribution is -2.49. The van der Waals surface area contributed by atoms with E-state index >= 15 is 0 Å². The lowest BCUT2D eigenvalue weighted by Gasteiger charge is -2.35. The van der Waals surface area contributed by atoms with Crippen molar-refractivity contribution in [3.63, 3.8) is 0 Å². The number of aliphatic hydroxyl groups excluding tert-OH is 1. The Balaban J connectivity index is 1.47. The first-order chi connectivity index (χ1) is 11.3. The first-order valence-corrected chi connectivity index (χ1v) is 8.88. The second-order valence-corrected chi connectivity index (χ2v) is 6.60. The van der Waals surface area contributed by atoms with Gasteiger partial charge in [-0.1, -0.05) is 12.1 Å². The molecule has 1 saturated heterocycles. The second-order valence-electron chi connectivity index (χ2n) is 6.22. The molecule has 2 aromatic rings. The molecular formula is C17H25ClN4O. The summed E-state index contributed by atoms with van der Waals surface area (Å²) < 4.78 is 2.04. The van der Waals surface area contributed by atoms with Gasteiger partial charge in [0.2, 0.25) is 0 Å². The van der Waals surface area contributed by atoms with Gasteiger partial charge in [0.05, 0.1) is 30.0 Å². The highest BCUT2D eigenvalue weighted by atomic mass is 35.5. The largest absolute Gasteiger partial charge is 0.390 e. The zero-order valence-electron chi connectivity index (χ0n) is 13.4. The molecule has 0 amide bonds. The minimum absolute atomic E-state index is 0.373. The van der Waals surface area contributed by atoms with Crippen molar-refractivity contribution in [3.05, 3.63) is 30.6 Å². The maximum absolute atomic E-state index is 10.4. The number of para-hydroxylation sites is 2. The Morgan fingerprint density at radius 3 is 2.61 bits per heavy atom. The molecule has 1 aromatic heterocycles. The van der Waals surface area contributed by atoms with Gasteiger partial charge in [-0.15, -0.1) is 11.6 Å². The van der Waals surface area contributed by atoms with Gasteiger partial charge in [0, 0.05) is 38.6 Å². The third kappa shape index (κ3) is 4.44. The molecule has 126 valence electrons. The van der Waals surface area contributed by atoms with E-state index in [0.29, 0.717) is 6.54 Å². The van der Waals surface area contributed by atoms with Crippen LogP contribution in [0.4, 0.5) is 0 Å². The zero-order valence-corrected chi connectivity index (χ0v) is 14.2. The number of benzene rings is 1. The van der Waals surface area contributed by atoms with Crippen molar-refractivity contribution in [2.75, 3.05) is 45.1 Å². The third-order valence-electron chi connectivity index (χ3n) is 4.48. The molecule has 2 heterocycles. The van der Waals surface area contributed by atoms with Gasteiger partial charge in [-0.3, -0.25) is 4.90 Å². The summed E-state index contributed by atoms with van der Waals surface area (Å²) in [6.07, 6.45) is 2.50. The van der Waals surface area contributed by atoms with Crippen molar-refractivity contribution in [2.24, 2.45) is 0 Å². The molecule has 0 saturated carbocycles. The number of imidazole rings is 1. The van der Waals surface area contributed by atoms with Gasteiger partial charge in [-0.25, -0.2) is 4.98 Å². The molecule has 6 heteroatoms. The normalized spacial score (nSPS) is 18.5. The number of fused-ring (bicyclic) bond motifs is 1. The van der Waals surface area contributed by atoms with Crippen LogP contribution in [0.2, 0.25) is 0 Å². The number of hydrogen-bond donors (Lipinski definition) is 1. The Morgan fingerprint density at radius 2 is 1.83 bits per heavy atom. The van der Waals surface area contributed by atoms with E-state index in [1.165, 1.54) is 0 Å². The molecule has 1 fully saturated rings. The molecule has 1 N–H and O–H groups in total. The van der Waals surface area contributed by atoms with Crippen molar-refractivity contribution in [2.45, 2.75) is 19.1 Å². The fourth-order valence-corrected chi connectivity index (χ4v) is 3.34. The van der Waals surface area contributed by atoms with Gasteiger partial charge in [-0.2, -0.15) is 0 Å². The Kier molecular flexibility index (Phi) is 5.89. The van der Waals surface area contributed by atoms with Crippen LogP contribution in [0.5, 0.6) is 0 Å². The Bertz CT molecular complexity index is 609. The minimum atomic E-state index is -0.373. The number of rotatable bonds is 7. The third-order valence-corrected chi connectivity index (χ3v) is 4.74. The van der Waals surface area contributed by atoms with Gasteiger partial charge in [-0.05, 0) is 25.1 Å². The van der Waals surface area contributed by atoms with E-state index in [4.69, 9.17) is 11.6 Å². The summed E-state index contributed by atoms with van der Waals surface area (Å²) in [6.45, 7) is 6.56. The van der Waals surface area contributed by atoms with E-state index in [0.717, 1.165) is 62.6 Å². The quantitative estimate of drug-likeness (QED) is 0.781. The fraction of sp³-hybridized carbons (Fsp3) is 0.588.